The first kappa shape index (κ1) is 14.7. The molecule has 0 saturated carbocycles. The summed E-state index contributed by atoms with van der Waals surface area (Å²) < 4.78 is 1.91. The van der Waals surface area contributed by atoms with Crippen molar-refractivity contribution in [2.45, 2.75) is 26.8 Å². The van der Waals surface area contributed by atoms with E-state index in [1.54, 1.807) is 0 Å². The summed E-state index contributed by atoms with van der Waals surface area (Å²) in [7, 11) is 2.97. The van der Waals surface area contributed by atoms with Crippen LogP contribution in [0.4, 0.5) is 0 Å². The molecule has 23 heavy (non-hydrogen) atoms. The van der Waals surface area contributed by atoms with Crippen LogP contribution in [0.25, 0.3) is 0 Å². The standard InChI is InChI=1S/C16H16ClN4OP/c1-9-11(10(2)20(3)18-9)7-15-19-22-16-21(15)8-12-13(17)5-4-6-14(12)23-16/h4-6H,7-8H2,1-3H3. The average molecular weight is 347 g/mol. The van der Waals surface area contributed by atoms with E-state index in [-0.39, 0.29) is 0 Å². The highest BCUT2D eigenvalue weighted by Gasteiger charge is 2.31. The Morgan fingerprint density at radius 3 is 2.91 bits per heavy atom. The molecule has 2 aliphatic rings. The molecule has 0 N–H and O–H groups in total. The summed E-state index contributed by atoms with van der Waals surface area (Å²) in [6, 6.07) is 6.00. The van der Waals surface area contributed by atoms with Crippen molar-refractivity contribution in [3.63, 3.8) is 0 Å². The Morgan fingerprint density at radius 1 is 1.35 bits per heavy atom. The third-order valence-corrected chi connectivity index (χ3v) is 5.92. The van der Waals surface area contributed by atoms with Gasteiger partial charge in [0.2, 0.25) is 0 Å². The zero-order chi connectivity index (χ0) is 16.1. The third kappa shape index (κ3) is 2.35. The van der Waals surface area contributed by atoms with Crippen molar-refractivity contribution in [1.29, 1.82) is 0 Å². The van der Waals surface area contributed by atoms with Crippen LogP contribution in [-0.2, 0) is 24.9 Å². The normalized spacial score (nSPS) is 16.4. The van der Waals surface area contributed by atoms with Gasteiger partial charge in [0, 0.05) is 48.8 Å². The minimum Gasteiger partial charge on any atom is -0.332 e. The number of hydrogen-bond acceptors (Lipinski definition) is 4. The van der Waals surface area contributed by atoms with Crippen molar-refractivity contribution in [3.05, 3.63) is 45.7 Å². The number of nitrogens with zero attached hydrogens (tertiary/aromatic N) is 4. The number of benzene rings is 1. The first-order valence-electron chi connectivity index (χ1n) is 7.41. The second-order valence-corrected chi connectivity index (χ2v) is 7.26. The molecule has 0 amide bonds. The zero-order valence-corrected chi connectivity index (χ0v) is 14.8. The van der Waals surface area contributed by atoms with Crippen molar-refractivity contribution in [1.82, 2.24) is 14.7 Å². The van der Waals surface area contributed by atoms with Gasteiger partial charge in [0.1, 0.15) is 0 Å². The molecule has 2 aromatic rings. The van der Waals surface area contributed by atoms with Crippen LogP contribution < -0.4 is 5.30 Å². The fourth-order valence-corrected chi connectivity index (χ4v) is 4.35. The highest BCUT2D eigenvalue weighted by molar-refractivity contribution is 7.48. The van der Waals surface area contributed by atoms with E-state index in [0.717, 1.165) is 41.6 Å². The minimum atomic E-state index is 0.703. The van der Waals surface area contributed by atoms with Gasteiger partial charge in [0.05, 0.1) is 12.2 Å². The molecule has 0 radical (unpaired) electrons. The maximum atomic E-state index is 6.36. The number of halogens is 1. The van der Waals surface area contributed by atoms with Crippen LogP contribution in [0, 0.1) is 13.8 Å². The number of hydrogen-bond donors (Lipinski definition) is 0. The third-order valence-electron chi connectivity index (χ3n) is 4.40. The molecule has 0 bridgehead atoms. The summed E-state index contributed by atoms with van der Waals surface area (Å²) in [5.74, 6) is 0.914. The van der Waals surface area contributed by atoms with Gasteiger partial charge in [-0.3, -0.25) is 9.58 Å². The summed E-state index contributed by atoms with van der Waals surface area (Å²) in [4.78, 5) is 7.70. The van der Waals surface area contributed by atoms with Gasteiger partial charge < -0.3 is 4.84 Å². The largest absolute Gasteiger partial charge is 0.332 e. The summed E-state index contributed by atoms with van der Waals surface area (Å²) >= 11 is 6.36. The van der Waals surface area contributed by atoms with Gasteiger partial charge in [-0.15, -0.1) is 0 Å². The Labute approximate surface area is 141 Å². The lowest BCUT2D eigenvalue weighted by Gasteiger charge is -2.24. The topological polar surface area (TPSA) is 42.6 Å². The first-order valence-corrected chi connectivity index (χ1v) is 8.68. The molecule has 0 aliphatic carbocycles. The number of amidine groups is 1. The van der Waals surface area contributed by atoms with Crippen LogP contribution >= 0.6 is 19.8 Å². The number of aryl methyl sites for hydroxylation is 2. The molecule has 7 heteroatoms. The van der Waals surface area contributed by atoms with E-state index in [0.29, 0.717) is 13.0 Å². The lowest BCUT2D eigenvalue weighted by atomic mass is 10.1. The van der Waals surface area contributed by atoms with Crippen LogP contribution in [0.1, 0.15) is 22.5 Å². The van der Waals surface area contributed by atoms with Gasteiger partial charge in [-0.1, -0.05) is 22.8 Å². The van der Waals surface area contributed by atoms with E-state index in [2.05, 4.69) is 28.1 Å². The average Bonchev–Trinajstić information content (AvgIpc) is 3.02. The quantitative estimate of drug-likeness (QED) is 0.785. The number of rotatable bonds is 2. The molecular formula is C16H16ClN4OP. The van der Waals surface area contributed by atoms with Gasteiger partial charge in [-0.05, 0) is 26.0 Å². The molecule has 0 unspecified atom stereocenters. The van der Waals surface area contributed by atoms with Gasteiger partial charge in [0.25, 0.3) is 5.60 Å². The van der Waals surface area contributed by atoms with Crippen molar-refractivity contribution < 1.29 is 4.84 Å². The summed E-state index contributed by atoms with van der Waals surface area (Å²) in [5.41, 5.74) is 5.41. The van der Waals surface area contributed by atoms with E-state index < -0.39 is 0 Å². The molecule has 0 spiro atoms. The van der Waals surface area contributed by atoms with E-state index >= 15 is 0 Å². The molecule has 1 aromatic heterocycles. The number of aromatic nitrogens is 2. The van der Waals surface area contributed by atoms with Crippen LogP contribution in [-0.4, -0.2) is 26.1 Å². The van der Waals surface area contributed by atoms with Crippen molar-refractivity contribution >= 4 is 36.5 Å². The molecule has 0 atom stereocenters. The highest BCUT2D eigenvalue weighted by Crippen LogP contribution is 2.29. The SMILES string of the molecule is Cc1nn(C)c(C)c1CC1=NOC2=Pc3cccc(Cl)c3CN12. The number of oxime groups is 1. The van der Waals surface area contributed by atoms with Crippen LogP contribution in [0.2, 0.25) is 5.02 Å². The Balaban J connectivity index is 1.66. The summed E-state index contributed by atoms with van der Waals surface area (Å²) in [6.45, 7) is 4.81. The lowest BCUT2D eigenvalue weighted by Crippen LogP contribution is -2.36. The lowest BCUT2D eigenvalue weighted by molar-refractivity contribution is 0.327. The zero-order valence-electron chi connectivity index (χ0n) is 13.2. The minimum absolute atomic E-state index is 0.703. The summed E-state index contributed by atoms with van der Waals surface area (Å²) in [5, 5.41) is 10.8. The molecule has 0 saturated heterocycles. The van der Waals surface area contributed by atoms with Crippen LogP contribution in [0.15, 0.2) is 23.4 Å². The molecule has 3 heterocycles. The monoisotopic (exact) mass is 346 g/mol. The van der Waals surface area contributed by atoms with Crippen LogP contribution in [0.3, 0.4) is 0 Å². The van der Waals surface area contributed by atoms with Crippen LogP contribution in [0.5, 0.6) is 0 Å². The van der Waals surface area contributed by atoms with Crippen molar-refractivity contribution in [3.8, 4) is 0 Å². The molecular weight excluding hydrogens is 331 g/mol. The van der Waals surface area contributed by atoms with Gasteiger partial charge >= 0.3 is 0 Å². The van der Waals surface area contributed by atoms with E-state index in [9.17, 15) is 0 Å². The van der Waals surface area contributed by atoms with Crippen molar-refractivity contribution in [2.24, 2.45) is 12.2 Å². The second-order valence-electron chi connectivity index (χ2n) is 5.77. The van der Waals surface area contributed by atoms with Gasteiger partial charge in [-0.25, -0.2) is 0 Å². The molecule has 118 valence electrons. The molecule has 5 nitrogen and oxygen atoms in total. The molecule has 0 fully saturated rings. The smallest absolute Gasteiger partial charge is 0.257 e. The molecule has 4 rings (SSSR count). The summed E-state index contributed by atoms with van der Waals surface area (Å²) in [6.07, 6.45) is 0.713. The molecule has 1 aromatic carbocycles. The maximum absolute atomic E-state index is 6.36. The highest BCUT2D eigenvalue weighted by atomic mass is 35.5. The fraction of sp³-hybridized carbons (Fsp3) is 0.312. The fourth-order valence-electron chi connectivity index (χ4n) is 2.97. The predicted molar refractivity (Wildman–Crippen MR) is 93.5 cm³/mol. The maximum Gasteiger partial charge on any atom is 0.257 e. The Kier molecular flexibility index (Phi) is 3.43. The second kappa shape index (κ2) is 5.36. The van der Waals surface area contributed by atoms with E-state index in [1.807, 2.05) is 30.8 Å². The number of fused-ring (bicyclic) bond motifs is 2. The van der Waals surface area contributed by atoms with E-state index in [1.165, 1.54) is 10.9 Å². The Bertz CT molecular complexity index is 871. The first-order chi connectivity index (χ1) is 11.0. The Hall–Kier alpha value is -1.84. The molecule has 2 aliphatic heterocycles. The Morgan fingerprint density at radius 2 is 2.17 bits per heavy atom. The van der Waals surface area contributed by atoms with Gasteiger partial charge in [0.15, 0.2) is 5.84 Å². The predicted octanol–water partition coefficient (Wildman–Crippen LogP) is 2.75. The van der Waals surface area contributed by atoms with Gasteiger partial charge in [-0.2, -0.15) is 5.10 Å². The van der Waals surface area contributed by atoms with E-state index in [4.69, 9.17) is 16.4 Å². The van der Waals surface area contributed by atoms with Crippen molar-refractivity contribution in [2.75, 3.05) is 0 Å².